The zero-order valence-electron chi connectivity index (χ0n) is 12.5. The van der Waals surface area contributed by atoms with Gasteiger partial charge in [-0.2, -0.15) is 0 Å². The number of rotatable bonds is 4. The molecule has 0 aliphatic rings. The maximum Gasteiger partial charge on any atom is 0.355 e. The maximum atomic E-state index is 13.7. The second-order valence-electron chi connectivity index (χ2n) is 4.72. The van der Waals surface area contributed by atoms with Crippen LogP contribution in [0.3, 0.4) is 0 Å². The summed E-state index contributed by atoms with van der Waals surface area (Å²) in [6, 6.07) is 4.67. The number of halogens is 2. The molecule has 0 saturated carbocycles. The van der Waals surface area contributed by atoms with E-state index in [4.69, 9.17) is 12.2 Å². The number of carbonyl (C=O) groups is 1. The summed E-state index contributed by atoms with van der Waals surface area (Å²) >= 11 is 5.06. The minimum atomic E-state index is -3.79. The van der Waals surface area contributed by atoms with Gasteiger partial charge in [0.15, 0.2) is 11.6 Å². The van der Waals surface area contributed by atoms with Gasteiger partial charge in [-0.15, -0.1) is 0 Å². The summed E-state index contributed by atoms with van der Waals surface area (Å²) in [6.07, 6.45) is 1.99. The number of carbonyl (C=O) groups excluding carboxylic acids is 1. The number of anilines is 1. The SMILES string of the molecule is COC(=O)c1cc(C(=S)Nc2cccc(F)c2F)cn1S(C)(=O)=O. The lowest BCUT2D eigenvalue weighted by Gasteiger charge is -2.07. The lowest BCUT2D eigenvalue weighted by atomic mass is 10.2. The van der Waals surface area contributed by atoms with Crippen LogP contribution >= 0.6 is 12.2 Å². The Labute approximate surface area is 142 Å². The van der Waals surface area contributed by atoms with E-state index in [0.717, 1.165) is 25.6 Å². The average Bonchev–Trinajstić information content (AvgIpc) is 2.96. The van der Waals surface area contributed by atoms with Crippen LogP contribution in [-0.2, 0) is 14.8 Å². The third-order valence-corrected chi connectivity index (χ3v) is 4.35. The highest BCUT2D eigenvalue weighted by Gasteiger charge is 2.22. The van der Waals surface area contributed by atoms with Crippen LogP contribution in [0.15, 0.2) is 30.5 Å². The smallest absolute Gasteiger partial charge is 0.355 e. The summed E-state index contributed by atoms with van der Waals surface area (Å²) in [5.41, 5.74) is -0.356. The van der Waals surface area contributed by atoms with E-state index in [2.05, 4.69) is 10.1 Å². The van der Waals surface area contributed by atoms with E-state index < -0.39 is 27.6 Å². The fourth-order valence-electron chi connectivity index (χ4n) is 1.89. The second kappa shape index (κ2) is 6.65. The highest BCUT2D eigenvalue weighted by atomic mass is 32.2. The van der Waals surface area contributed by atoms with Gasteiger partial charge in [0.05, 0.1) is 19.1 Å². The lowest BCUT2D eigenvalue weighted by Crippen LogP contribution is -2.16. The van der Waals surface area contributed by atoms with Gasteiger partial charge in [0.25, 0.3) is 0 Å². The lowest BCUT2D eigenvalue weighted by molar-refractivity contribution is 0.0593. The number of esters is 1. The molecule has 1 heterocycles. The molecule has 6 nitrogen and oxygen atoms in total. The van der Waals surface area contributed by atoms with Crippen molar-refractivity contribution >= 4 is 38.9 Å². The maximum absolute atomic E-state index is 13.7. The first-order chi connectivity index (χ1) is 11.1. The molecular weight excluding hydrogens is 362 g/mol. The molecule has 0 fully saturated rings. The zero-order valence-corrected chi connectivity index (χ0v) is 14.2. The van der Waals surface area contributed by atoms with Crippen molar-refractivity contribution in [2.75, 3.05) is 18.7 Å². The number of hydrogen-bond acceptors (Lipinski definition) is 5. The zero-order chi connectivity index (χ0) is 18.1. The van der Waals surface area contributed by atoms with Crippen LogP contribution in [-0.4, -0.2) is 36.7 Å². The van der Waals surface area contributed by atoms with Crippen LogP contribution in [0.25, 0.3) is 0 Å². The van der Waals surface area contributed by atoms with Gasteiger partial charge in [0.2, 0.25) is 10.0 Å². The Hall–Kier alpha value is -2.33. The van der Waals surface area contributed by atoms with Crippen molar-refractivity contribution in [3.63, 3.8) is 0 Å². The quantitative estimate of drug-likeness (QED) is 0.653. The number of hydrogen-bond donors (Lipinski definition) is 1. The van der Waals surface area contributed by atoms with E-state index in [1.165, 1.54) is 18.2 Å². The first-order valence-electron chi connectivity index (χ1n) is 6.41. The molecule has 1 aromatic carbocycles. The third kappa shape index (κ3) is 3.60. The number of benzene rings is 1. The average molecular weight is 374 g/mol. The van der Waals surface area contributed by atoms with E-state index in [9.17, 15) is 22.0 Å². The van der Waals surface area contributed by atoms with Gasteiger partial charge in [-0.1, -0.05) is 18.3 Å². The summed E-state index contributed by atoms with van der Waals surface area (Å²) in [4.78, 5) is 11.6. The summed E-state index contributed by atoms with van der Waals surface area (Å²) in [6.45, 7) is 0. The molecule has 0 aliphatic carbocycles. The van der Waals surface area contributed by atoms with Crippen LogP contribution < -0.4 is 5.32 Å². The summed E-state index contributed by atoms with van der Waals surface area (Å²) in [5, 5.41) is 2.47. The molecule has 0 saturated heterocycles. The van der Waals surface area contributed by atoms with Gasteiger partial charge < -0.3 is 10.1 Å². The Morgan fingerprint density at radius 1 is 1.33 bits per heavy atom. The molecular formula is C14H12F2N2O4S2. The molecule has 2 aromatic rings. The molecule has 0 aliphatic heterocycles. The molecule has 0 bridgehead atoms. The van der Waals surface area contributed by atoms with E-state index >= 15 is 0 Å². The molecule has 2 rings (SSSR count). The van der Waals surface area contributed by atoms with Crippen LogP contribution in [0.1, 0.15) is 16.1 Å². The number of thiocarbonyl (C=S) groups is 1. The number of nitrogens with one attached hydrogen (secondary N) is 1. The first kappa shape index (κ1) is 18.0. The van der Waals surface area contributed by atoms with Gasteiger partial charge in [-0.25, -0.2) is 26.0 Å². The standard InChI is InChI=1S/C14H12F2N2O4S2/c1-22-14(19)11-6-8(7-18(11)24(2,20)21)13(23)17-10-5-3-4-9(15)12(10)16/h3-7H,1-2H3,(H,17,23). The minimum Gasteiger partial charge on any atom is -0.464 e. The van der Waals surface area contributed by atoms with Crippen molar-refractivity contribution in [1.82, 2.24) is 3.97 Å². The fourth-order valence-corrected chi connectivity index (χ4v) is 2.90. The highest BCUT2D eigenvalue weighted by Crippen LogP contribution is 2.19. The largest absolute Gasteiger partial charge is 0.464 e. The Morgan fingerprint density at radius 3 is 2.58 bits per heavy atom. The molecule has 1 aromatic heterocycles. The molecule has 0 atom stereocenters. The monoisotopic (exact) mass is 374 g/mol. The first-order valence-corrected chi connectivity index (χ1v) is 8.67. The predicted octanol–water partition coefficient (Wildman–Crippen LogP) is 2.15. The third-order valence-electron chi connectivity index (χ3n) is 3.00. The van der Waals surface area contributed by atoms with Crippen LogP contribution in [0, 0.1) is 11.6 Å². The van der Waals surface area contributed by atoms with Crippen LogP contribution in [0.5, 0.6) is 0 Å². The van der Waals surface area contributed by atoms with Gasteiger partial charge in [0.1, 0.15) is 10.7 Å². The number of ether oxygens (including phenoxy) is 1. The molecule has 0 unspecified atom stereocenters. The predicted molar refractivity (Wildman–Crippen MR) is 87.7 cm³/mol. The molecule has 128 valence electrons. The number of methoxy groups -OCH3 is 1. The van der Waals surface area contributed by atoms with E-state index in [0.29, 0.717) is 3.97 Å². The molecule has 0 amide bonds. The Morgan fingerprint density at radius 2 is 2.00 bits per heavy atom. The Bertz CT molecular complexity index is 923. The summed E-state index contributed by atoms with van der Waals surface area (Å²) < 4.78 is 55.6. The van der Waals surface area contributed by atoms with Crippen molar-refractivity contribution in [2.24, 2.45) is 0 Å². The van der Waals surface area contributed by atoms with Crippen molar-refractivity contribution in [3.05, 3.63) is 53.4 Å². The summed E-state index contributed by atoms with van der Waals surface area (Å²) in [5.74, 6) is -3.08. The van der Waals surface area contributed by atoms with Crippen molar-refractivity contribution in [2.45, 2.75) is 0 Å². The molecule has 0 radical (unpaired) electrons. The molecule has 1 N–H and O–H groups in total. The fraction of sp³-hybridized carbons (Fsp3) is 0.143. The molecule has 24 heavy (non-hydrogen) atoms. The van der Waals surface area contributed by atoms with Crippen molar-refractivity contribution in [1.29, 1.82) is 0 Å². The van der Waals surface area contributed by atoms with Gasteiger partial charge >= 0.3 is 5.97 Å². The van der Waals surface area contributed by atoms with Gasteiger partial charge in [0, 0.05) is 11.8 Å². The van der Waals surface area contributed by atoms with E-state index in [-0.39, 0.29) is 21.9 Å². The van der Waals surface area contributed by atoms with Crippen LogP contribution in [0.2, 0.25) is 0 Å². The van der Waals surface area contributed by atoms with E-state index in [1.54, 1.807) is 0 Å². The number of aromatic nitrogens is 1. The van der Waals surface area contributed by atoms with Gasteiger partial charge in [-0.3, -0.25) is 0 Å². The van der Waals surface area contributed by atoms with Crippen molar-refractivity contribution in [3.8, 4) is 0 Å². The molecule has 10 heteroatoms. The second-order valence-corrected chi connectivity index (χ2v) is 6.99. The normalized spacial score (nSPS) is 11.2. The highest BCUT2D eigenvalue weighted by molar-refractivity contribution is 7.89. The number of nitrogens with zero attached hydrogens (tertiary/aromatic N) is 1. The molecule has 0 spiro atoms. The van der Waals surface area contributed by atoms with Crippen LogP contribution in [0.4, 0.5) is 14.5 Å². The minimum absolute atomic E-state index is 0.0907. The van der Waals surface area contributed by atoms with Gasteiger partial charge in [-0.05, 0) is 18.2 Å². The van der Waals surface area contributed by atoms with E-state index in [1.807, 2.05) is 0 Å². The topological polar surface area (TPSA) is 77.4 Å². The van der Waals surface area contributed by atoms with Crippen molar-refractivity contribution < 1.29 is 26.7 Å². The summed E-state index contributed by atoms with van der Waals surface area (Å²) in [7, 11) is -2.70. The Kier molecular flexibility index (Phi) is 4.99. The Balaban J connectivity index is 2.42.